The number of anilines is 2. The van der Waals surface area contributed by atoms with Crippen molar-refractivity contribution in [2.24, 2.45) is 17.6 Å². The second-order valence-corrected chi connectivity index (χ2v) is 10.9. The second kappa shape index (κ2) is 10.0. The van der Waals surface area contributed by atoms with Gasteiger partial charge in [0.2, 0.25) is 11.8 Å². The molecule has 6 atom stereocenters. The number of nitrogens with zero attached hydrogens (tertiary/aromatic N) is 4. The minimum atomic E-state index is -1.06. The van der Waals surface area contributed by atoms with Gasteiger partial charge in [-0.1, -0.05) is 0 Å². The van der Waals surface area contributed by atoms with Crippen LogP contribution in [0, 0.1) is 17.7 Å². The lowest BCUT2D eigenvalue weighted by molar-refractivity contribution is -0.137. The zero-order valence-corrected chi connectivity index (χ0v) is 20.7. The molecule has 5 aliphatic heterocycles. The van der Waals surface area contributed by atoms with Crippen LogP contribution in [-0.4, -0.2) is 96.6 Å². The van der Waals surface area contributed by atoms with E-state index in [2.05, 4.69) is 26.4 Å². The molecule has 5 saturated heterocycles. The Morgan fingerprint density at radius 1 is 1.08 bits per heavy atom. The highest BCUT2D eigenvalue weighted by Gasteiger charge is 2.47. The summed E-state index contributed by atoms with van der Waals surface area (Å²) in [5.41, 5.74) is 9.64. The van der Waals surface area contributed by atoms with Gasteiger partial charge in [-0.25, -0.2) is 19.2 Å². The minimum Gasteiger partial charge on any atom is -0.367 e. The summed E-state index contributed by atoms with van der Waals surface area (Å²) in [5, 5.41) is 11.0. The van der Waals surface area contributed by atoms with E-state index in [0.29, 0.717) is 38.0 Å². The van der Waals surface area contributed by atoms with Gasteiger partial charge < -0.3 is 26.2 Å². The van der Waals surface area contributed by atoms with Gasteiger partial charge in [-0.3, -0.25) is 19.9 Å². The normalized spacial score (nSPS) is 34.5. The zero-order valence-electron chi connectivity index (χ0n) is 20.7. The largest absolute Gasteiger partial charge is 0.367 e. The van der Waals surface area contributed by atoms with Crippen molar-refractivity contribution < 1.29 is 18.4 Å². The van der Waals surface area contributed by atoms with Gasteiger partial charge >= 0.3 is 0 Å². The maximum absolute atomic E-state index is 15.1. The van der Waals surface area contributed by atoms with Crippen molar-refractivity contribution in [2.45, 2.75) is 56.3 Å². The third-order valence-corrected chi connectivity index (χ3v) is 8.44. The van der Waals surface area contributed by atoms with Gasteiger partial charge in [0, 0.05) is 57.3 Å². The summed E-state index contributed by atoms with van der Waals surface area (Å²) in [7, 11) is 0. The van der Waals surface area contributed by atoms with Crippen molar-refractivity contribution in [3.8, 4) is 0 Å². The Kier molecular flexibility index (Phi) is 6.74. The molecule has 2 bridgehead atoms. The van der Waals surface area contributed by atoms with Crippen LogP contribution in [0.2, 0.25) is 0 Å². The molecule has 0 aliphatic carbocycles. The van der Waals surface area contributed by atoms with E-state index in [-0.39, 0.29) is 36.3 Å². The Labute approximate surface area is 214 Å². The van der Waals surface area contributed by atoms with Gasteiger partial charge in [-0.05, 0) is 25.7 Å². The van der Waals surface area contributed by atoms with E-state index in [4.69, 9.17) is 5.73 Å². The van der Waals surface area contributed by atoms with Crippen LogP contribution in [0.4, 0.5) is 20.2 Å². The third-order valence-electron chi connectivity index (χ3n) is 8.44. The molecule has 2 amide bonds. The van der Waals surface area contributed by atoms with Gasteiger partial charge in [0.05, 0.1) is 36.3 Å². The maximum atomic E-state index is 15.1. The van der Waals surface area contributed by atoms with Crippen LogP contribution in [0.5, 0.6) is 0 Å². The molecule has 11 nitrogen and oxygen atoms in total. The fraction of sp³-hybridized carbons (Fsp3) is 0.708. The number of likely N-dealkylation sites (tertiary alicyclic amines) is 1. The fourth-order valence-corrected chi connectivity index (χ4v) is 6.62. The molecule has 1 aromatic rings. The van der Waals surface area contributed by atoms with Crippen LogP contribution in [0.25, 0.3) is 0 Å². The Balaban J connectivity index is 1.11. The first kappa shape index (κ1) is 24.9. The molecule has 6 heterocycles. The van der Waals surface area contributed by atoms with E-state index in [1.807, 2.05) is 9.80 Å². The van der Waals surface area contributed by atoms with Crippen LogP contribution >= 0.6 is 0 Å². The number of piperazine rings is 1. The minimum absolute atomic E-state index is 0.0815. The maximum Gasteiger partial charge on any atom is 0.233 e. The van der Waals surface area contributed by atoms with Crippen molar-refractivity contribution in [3.05, 3.63) is 18.2 Å². The van der Waals surface area contributed by atoms with E-state index in [1.54, 1.807) is 5.01 Å². The molecule has 13 heteroatoms. The van der Waals surface area contributed by atoms with Gasteiger partial charge in [-0.15, -0.1) is 0 Å². The number of halogens is 2. The monoisotopic (exact) mass is 519 g/mol. The number of rotatable bonds is 4. The number of alkyl halides is 1. The lowest BCUT2D eigenvalue weighted by atomic mass is 9.94. The summed E-state index contributed by atoms with van der Waals surface area (Å²) in [4.78, 5) is 34.3. The van der Waals surface area contributed by atoms with Gasteiger partial charge in [0.25, 0.3) is 0 Å². The van der Waals surface area contributed by atoms with Crippen LogP contribution in [-0.2, 0) is 9.59 Å². The molecule has 6 unspecified atom stereocenters. The predicted octanol–water partition coefficient (Wildman–Crippen LogP) is -0.673. The molecule has 37 heavy (non-hydrogen) atoms. The number of carbonyl (C=O) groups is 2. The average molecular weight is 520 g/mol. The Hall–Kier alpha value is -2.45. The summed E-state index contributed by atoms with van der Waals surface area (Å²) in [6.07, 6.45) is 3.81. The number of pyridine rings is 1. The van der Waals surface area contributed by atoms with Crippen LogP contribution in [0.3, 0.4) is 0 Å². The molecule has 0 radical (unpaired) electrons. The lowest BCUT2D eigenvalue weighted by Crippen LogP contribution is -2.58. The molecule has 202 valence electrons. The number of hydrogen-bond donors (Lipinski definition) is 5. The molecule has 5 aliphatic rings. The first-order chi connectivity index (χ1) is 17.9. The van der Waals surface area contributed by atoms with E-state index in [1.165, 1.54) is 6.20 Å². The number of aromatic nitrogens is 1. The first-order valence-corrected chi connectivity index (χ1v) is 13.3. The van der Waals surface area contributed by atoms with E-state index in [0.717, 1.165) is 32.1 Å². The smallest absolute Gasteiger partial charge is 0.233 e. The van der Waals surface area contributed by atoms with Crippen molar-refractivity contribution >= 4 is 23.2 Å². The highest BCUT2D eigenvalue weighted by Crippen LogP contribution is 2.34. The number of piperidine rings is 1. The number of nitrogens with two attached hydrogens (primary N) is 1. The predicted molar refractivity (Wildman–Crippen MR) is 132 cm³/mol. The van der Waals surface area contributed by atoms with Crippen LogP contribution < -0.4 is 32.0 Å². The van der Waals surface area contributed by atoms with Crippen molar-refractivity contribution in [1.82, 2.24) is 31.0 Å². The summed E-state index contributed by atoms with van der Waals surface area (Å²) < 4.78 is 28.8. The van der Waals surface area contributed by atoms with Gasteiger partial charge in [0.15, 0.2) is 5.82 Å². The molecule has 5 fully saturated rings. The van der Waals surface area contributed by atoms with E-state index < -0.39 is 36.1 Å². The molecule has 1 aromatic heterocycles. The number of hydrazine groups is 1. The average Bonchev–Trinajstić information content (AvgIpc) is 3.40. The number of nitrogens with one attached hydrogen (secondary N) is 4. The van der Waals surface area contributed by atoms with Crippen molar-refractivity contribution in [1.29, 1.82) is 0 Å². The Morgan fingerprint density at radius 2 is 1.81 bits per heavy atom. The lowest BCUT2D eigenvalue weighted by Gasteiger charge is -2.39. The molecule has 0 aromatic carbocycles. The number of hydrogen-bond acceptors (Lipinski definition) is 9. The summed E-state index contributed by atoms with van der Waals surface area (Å²) in [6, 6.07) is 0.801. The summed E-state index contributed by atoms with van der Waals surface area (Å²) in [6.45, 7) is 2.79. The second-order valence-electron chi connectivity index (χ2n) is 10.9. The fourth-order valence-electron chi connectivity index (χ4n) is 6.62. The highest BCUT2D eigenvalue weighted by molar-refractivity contribution is 5.96. The first-order valence-electron chi connectivity index (χ1n) is 13.3. The molecular weight excluding hydrogens is 484 g/mol. The van der Waals surface area contributed by atoms with Gasteiger partial charge in [-0.2, -0.15) is 0 Å². The standard InChI is InChI=1S/C24H35F2N9O2/c25-14-7-29-22-19(21(27)32-35(22)10-14)23(36)31-18-9-28-8-17(26)20(18)33-5-3-13(4-6-33)24(37)34-11-15-1-2-16(12-34)30-15/h8-9,13-16,19,21-22,29-30,32H,1-7,10-12,27H2,(H,31,36). The number of fused-ring (bicyclic) bond motifs is 3. The SMILES string of the molecule is NC1NN2CC(F)CNC2C1C(=O)Nc1cncc(F)c1N1CCC(C(=O)N2CC3CCC(C2)N3)CC1. The Bertz CT molecular complexity index is 1030. The molecule has 6 N–H and O–H groups in total. The topological polar surface area (TPSA) is 131 Å². The van der Waals surface area contributed by atoms with Crippen molar-refractivity contribution in [3.63, 3.8) is 0 Å². The third kappa shape index (κ3) is 4.78. The van der Waals surface area contributed by atoms with E-state index >= 15 is 4.39 Å². The van der Waals surface area contributed by atoms with Crippen LogP contribution in [0.1, 0.15) is 25.7 Å². The quantitative estimate of drug-likeness (QED) is 0.352. The molecule has 0 spiro atoms. The van der Waals surface area contributed by atoms with Crippen LogP contribution in [0.15, 0.2) is 12.4 Å². The highest BCUT2D eigenvalue weighted by atomic mass is 19.1. The number of amides is 2. The van der Waals surface area contributed by atoms with E-state index in [9.17, 15) is 14.0 Å². The molecule has 0 saturated carbocycles. The summed E-state index contributed by atoms with van der Waals surface area (Å²) in [5.74, 6) is -1.52. The van der Waals surface area contributed by atoms with Crippen molar-refractivity contribution in [2.75, 3.05) is 49.5 Å². The number of carbonyl (C=O) groups excluding carboxylic acids is 2. The summed E-state index contributed by atoms with van der Waals surface area (Å²) >= 11 is 0. The zero-order chi connectivity index (χ0) is 25.7. The molecular formula is C24H35F2N9O2. The van der Waals surface area contributed by atoms with Gasteiger partial charge in [0.1, 0.15) is 11.9 Å². The Morgan fingerprint density at radius 3 is 2.54 bits per heavy atom. The molecule has 6 rings (SSSR count).